The van der Waals surface area contributed by atoms with Crippen LogP contribution in [0.3, 0.4) is 0 Å². The second-order valence-electron chi connectivity index (χ2n) is 6.83. The highest BCUT2D eigenvalue weighted by Crippen LogP contribution is 2.42. The smallest absolute Gasteiger partial charge is 0.394 e. The normalized spacial score (nSPS) is 42.7. The number of phosphoric ester groups is 1. The van der Waals surface area contributed by atoms with E-state index in [2.05, 4.69) is 9.84 Å². The number of ether oxygens (including phenoxy) is 3. The van der Waals surface area contributed by atoms with Gasteiger partial charge in [-0.25, -0.2) is 4.57 Å². The molecule has 2 saturated heterocycles. The van der Waals surface area contributed by atoms with Crippen molar-refractivity contribution in [1.29, 1.82) is 0 Å². The van der Waals surface area contributed by atoms with E-state index in [0.717, 1.165) is 6.92 Å². The summed E-state index contributed by atoms with van der Waals surface area (Å²) in [5.74, 6) is -0.726. The van der Waals surface area contributed by atoms with E-state index in [1.165, 1.54) is 0 Å². The maximum Gasteiger partial charge on any atom is 0.470 e. The lowest BCUT2D eigenvalue weighted by atomic mass is 9.95. The molecule has 2 fully saturated rings. The van der Waals surface area contributed by atoms with Crippen LogP contribution in [0.5, 0.6) is 0 Å². The Hall–Kier alpha value is -0.780. The molecule has 0 radical (unpaired) electrons. The minimum Gasteiger partial charge on any atom is -0.394 e. The molecule has 16 heteroatoms. The first-order valence-corrected chi connectivity index (χ1v) is 10.3. The third-order valence-electron chi connectivity index (χ3n) is 4.61. The molecule has 0 aromatic heterocycles. The molecule has 0 spiro atoms. The van der Waals surface area contributed by atoms with Crippen LogP contribution in [-0.4, -0.2) is 121 Å². The number of rotatable bonds is 7. The maximum atomic E-state index is 11.5. The molecule has 15 nitrogen and oxygen atoms in total. The molecule has 0 aliphatic carbocycles. The van der Waals surface area contributed by atoms with Crippen molar-refractivity contribution >= 4 is 13.7 Å². The van der Waals surface area contributed by atoms with E-state index >= 15 is 0 Å². The summed E-state index contributed by atoms with van der Waals surface area (Å²) in [4.78, 5) is 30.0. The summed E-state index contributed by atoms with van der Waals surface area (Å²) < 4.78 is 31.9. The molecule has 2 rings (SSSR count). The van der Waals surface area contributed by atoms with E-state index in [1.807, 2.05) is 0 Å². The summed E-state index contributed by atoms with van der Waals surface area (Å²) in [6, 6.07) is -1.58. The Morgan fingerprint density at radius 2 is 1.57 bits per heavy atom. The standard InChI is InChI=1S/C14H26NO14P/c1-4(18)15-7-12(29-30(23,24)25)11(6(3-17)26-13(7)22)28-14-10(21)9(20)8(19)5(2-16)27-14/h5-14,16-17,19-22H,2-3H2,1H3,(H,15,18)(H2,23,24,25)/t5-,6-,7-,8+,9+,10-,11-,12-,13-,14+/m1/s1. The number of hydrogen-bond acceptors (Lipinski definition) is 12. The monoisotopic (exact) mass is 463 g/mol. The molecular formula is C14H26NO14P. The highest BCUT2D eigenvalue weighted by Gasteiger charge is 2.53. The number of aliphatic hydroxyl groups excluding tert-OH is 6. The second kappa shape index (κ2) is 10.2. The van der Waals surface area contributed by atoms with E-state index in [1.54, 1.807) is 0 Å². The third kappa shape index (κ3) is 5.92. The average Bonchev–Trinajstić information content (AvgIpc) is 2.65. The average molecular weight is 463 g/mol. The zero-order valence-corrected chi connectivity index (χ0v) is 16.6. The summed E-state index contributed by atoms with van der Waals surface area (Å²) in [6.45, 7) is -0.579. The lowest BCUT2D eigenvalue weighted by Gasteiger charge is -2.47. The van der Waals surface area contributed by atoms with Crippen LogP contribution < -0.4 is 5.32 Å². The van der Waals surface area contributed by atoms with Gasteiger partial charge in [0, 0.05) is 6.92 Å². The number of aliphatic hydroxyl groups is 6. The minimum atomic E-state index is -5.24. The van der Waals surface area contributed by atoms with Crippen LogP contribution in [0.4, 0.5) is 0 Å². The van der Waals surface area contributed by atoms with Gasteiger partial charge in [0.1, 0.15) is 48.8 Å². The van der Waals surface area contributed by atoms with Crippen molar-refractivity contribution in [2.45, 2.75) is 68.3 Å². The highest BCUT2D eigenvalue weighted by atomic mass is 31.2. The molecule has 2 heterocycles. The lowest BCUT2D eigenvalue weighted by molar-refractivity contribution is -0.344. The van der Waals surface area contributed by atoms with E-state index in [-0.39, 0.29) is 0 Å². The van der Waals surface area contributed by atoms with Crippen molar-refractivity contribution in [3.8, 4) is 0 Å². The van der Waals surface area contributed by atoms with Gasteiger partial charge in [-0.05, 0) is 0 Å². The predicted molar refractivity (Wildman–Crippen MR) is 91.1 cm³/mol. The lowest BCUT2D eigenvalue weighted by Crippen LogP contribution is -2.67. The summed E-state index contributed by atoms with van der Waals surface area (Å²) in [7, 11) is -5.24. The first-order chi connectivity index (χ1) is 13.9. The van der Waals surface area contributed by atoms with Crippen LogP contribution >= 0.6 is 7.82 Å². The Labute approximate surface area is 170 Å². The van der Waals surface area contributed by atoms with Gasteiger partial charge in [0.15, 0.2) is 12.6 Å². The molecular weight excluding hydrogens is 437 g/mol. The molecule has 2 aliphatic rings. The van der Waals surface area contributed by atoms with Crippen LogP contribution in [0.15, 0.2) is 0 Å². The predicted octanol–water partition coefficient (Wildman–Crippen LogP) is -5.14. The van der Waals surface area contributed by atoms with Gasteiger partial charge in [0.25, 0.3) is 0 Å². The van der Waals surface area contributed by atoms with Crippen LogP contribution in [0, 0.1) is 0 Å². The van der Waals surface area contributed by atoms with Gasteiger partial charge >= 0.3 is 7.82 Å². The van der Waals surface area contributed by atoms with Gasteiger partial charge in [0.05, 0.1) is 13.2 Å². The topological polar surface area (TPSA) is 245 Å². The number of carbonyl (C=O) groups is 1. The Bertz CT molecular complexity index is 630. The van der Waals surface area contributed by atoms with Gasteiger partial charge in [0.2, 0.25) is 5.91 Å². The molecule has 0 aromatic rings. The quantitative estimate of drug-likeness (QED) is 0.160. The second-order valence-corrected chi connectivity index (χ2v) is 8.02. The Morgan fingerprint density at radius 3 is 2.07 bits per heavy atom. The van der Waals surface area contributed by atoms with Gasteiger partial charge in [-0.15, -0.1) is 0 Å². The SMILES string of the molecule is CC(=O)N[C@@H]1[C@@H](OP(=O)(O)O)[C@H](O[C@@H]2O[C@H](CO)[C@H](O)[C@H](O)[C@H]2O)[C@@H](CO)O[C@H]1O. The molecule has 10 atom stereocenters. The van der Waals surface area contributed by atoms with Gasteiger partial charge in [-0.3, -0.25) is 9.32 Å². The molecule has 1 amide bonds. The van der Waals surface area contributed by atoms with Crippen molar-refractivity contribution in [2.75, 3.05) is 13.2 Å². The zero-order chi connectivity index (χ0) is 22.8. The molecule has 30 heavy (non-hydrogen) atoms. The van der Waals surface area contributed by atoms with Gasteiger partial charge < -0.3 is 60.0 Å². The Balaban J connectivity index is 2.35. The van der Waals surface area contributed by atoms with Crippen LogP contribution in [-0.2, 0) is 28.1 Å². The number of phosphoric acid groups is 1. The van der Waals surface area contributed by atoms with Crippen molar-refractivity contribution in [3.63, 3.8) is 0 Å². The van der Waals surface area contributed by atoms with E-state index in [0.29, 0.717) is 0 Å². The summed E-state index contributed by atoms with van der Waals surface area (Å²) in [5, 5.41) is 61.0. The largest absolute Gasteiger partial charge is 0.470 e. The van der Waals surface area contributed by atoms with Crippen molar-refractivity contribution in [3.05, 3.63) is 0 Å². The number of amides is 1. The number of hydrogen-bond donors (Lipinski definition) is 9. The van der Waals surface area contributed by atoms with Gasteiger partial charge in [-0.2, -0.15) is 0 Å². The molecule has 0 saturated carbocycles. The fourth-order valence-electron chi connectivity index (χ4n) is 3.24. The first kappa shape index (κ1) is 25.5. The minimum absolute atomic E-state index is 0.726. The molecule has 0 aromatic carbocycles. The Kier molecular flexibility index (Phi) is 8.68. The number of carbonyl (C=O) groups excluding carboxylic acids is 1. The third-order valence-corrected chi connectivity index (χ3v) is 5.13. The summed E-state index contributed by atoms with van der Waals surface area (Å²) >= 11 is 0. The first-order valence-electron chi connectivity index (χ1n) is 8.81. The van der Waals surface area contributed by atoms with E-state index in [9.17, 15) is 49.8 Å². The molecule has 2 aliphatic heterocycles. The van der Waals surface area contributed by atoms with Crippen LogP contribution in [0.25, 0.3) is 0 Å². The summed E-state index contributed by atoms with van der Waals surface area (Å²) in [5.41, 5.74) is 0. The number of nitrogens with one attached hydrogen (secondary N) is 1. The molecule has 9 N–H and O–H groups in total. The summed E-state index contributed by atoms with van der Waals surface area (Å²) in [6.07, 6.45) is -15.4. The van der Waals surface area contributed by atoms with Crippen molar-refractivity contribution in [2.24, 2.45) is 0 Å². The fourth-order valence-corrected chi connectivity index (χ4v) is 3.81. The maximum absolute atomic E-state index is 11.5. The van der Waals surface area contributed by atoms with Crippen LogP contribution in [0.2, 0.25) is 0 Å². The highest BCUT2D eigenvalue weighted by molar-refractivity contribution is 7.46. The molecule has 0 bridgehead atoms. The van der Waals surface area contributed by atoms with Crippen molar-refractivity contribution in [1.82, 2.24) is 5.32 Å². The Morgan fingerprint density at radius 1 is 0.967 bits per heavy atom. The van der Waals surface area contributed by atoms with E-state index < -0.39 is 88.3 Å². The zero-order valence-electron chi connectivity index (χ0n) is 15.7. The van der Waals surface area contributed by atoms with E-state index in [4.69, 9.17) is 14.2 Å². The molecule has 0 unspecified atom stereocenters. The molecule has 176 valence electrons. The van der Waals surface area contributed by atoms with Crippen LogP contribution in [0.1, 0.15) is 6.92 Å². The van der Waals surface area contributed by atoms with Crippen molar-refractivity contribution < 1.29 is 68.5 Å². The van der Waals surface area contributed by atoms with Gasteiger partial charge in [-0.1, -0.05) is 0 Å². The fraction of sp³-hybridized carbons (Fsp3) is 0.929.